The molecular formula is C19H14Cl2N4O5S2. The molecule has 0 aliphatic carbocycles. The molecule has 1 aromatic heterocycles. The van der Waals surface area contributed by atoms with Gasteiger partial charge in [0.2, 0.25) is 5.13 Å². The number of carbonyl (C=O) groups is 2. The Morgan fingerprint density at radius 3 is 2.72 bits per heavy atom. The van der Waals surface area contributed by atoms with Crippen molar-refractivity contribution in [2.24, 2.45) is 0 Å². The molecule has 2 aromatic carbocycles. The van der Waals surface area contributed by atoms with Gasteiger partial charge in [-0.15, -0.1) is 10.2 Å². The molecule has 9 nitrogen and oxygen atoms in total. The number of nitrogens with zero attached hydrogens (tertiary/aromatic N) is 3. The van der Waals surface area contributed by atoms with Crippen LogP contribution in [0.5, 0.6) is 0 Å². The van der Waals surface area contributed by atoms with Crippen LogP contribution in [0.4, 0.5) is 10.8 Å². The smallest absolute Gasteiger partial charge is 0.319 e. The zero-order valence-corrected chi connectivity index (χ0v) is 19.4. The second-order valence-corrected chi connectivity index (χ2v) is 9.48. The van der Waals surface area contributed by atoms with Crippen LogP contribution in [0.1, 0.15) is 15.9 Å². The molecule has 13 heteroatoms. The zero-order valence-electron chi connectivity index (χ0n) is 16.3. The first kappa shape index (κ1) is 23.9. The molecule has 1 N–H and O–H groups in total. The fourth-order valence-electron chi connectivity index (χ4n) is 2.55. The highest BCUT2D eigenvalue weighted by atomic mass is 35.5. The van der Waals surface area contributed by atoms with Crippen LogP contribution in [-0.2, 0) is 16.0 Å². The standard InChI is InChI=1S/C19H14Cl2N4O5S2/c1-30-17(27)15(8-10-5-6-12(20)9-14(10)21)31-19-24-23-18(32-19)22-16(26)11-3-2-4-13(7-11)25(28)29/h2-7,9,15H,8H2,1H3,(H,22,23,26)/t15-/m0/s1. The maximum absolute atomic E-state index is 12.4. The van der Waals surface area contributed by atoms with Gasteiger partial charge in [0, 0.05) is 27.7 Å². The van der Waals surface area contributed by atoms with Gasteiger partial charge in [-0.25, -0.2) is 0 Å². The van der Waals surface area contributed by atoms with Gasteiger partial charge in [-0.05, 0) is 30.2 Å². The van der Waals surface area contributed by atoms with Gasteiger partial charge in [-0.3, -0.25) is 25.0 Å². The largest absolute Gasteiger partial charge is 0.468 e. The topological polar surface area (TPSA) is 124 Å². The molecule has 1 atom stereocenters. The highest BCUT2D eigenvalue weighted by molar-refractivity contribution is 8.02. The molecule has 0 saturated carbocycles. The number of methoxy groups -OCH3 is 1. The number of amides is 1. The van der Waals surface area contributed by atoms with Crippen molar-refractivity contribution in [1.29, 1.82) is 0 Å². The molecule has 166 valence electrons. The van der Waals surface area contributed by atoms with Crippen molar-refractivity contribution in [2.75, 3.05) is 12.4 Å². The summed E-state index contributed by atoms with van der Waals surface area (Å²) in [6, 6.07) is 10.3. The summed E-state index contributed by atoms with van der Waals surface area (Å²) in [5.41, 5.74) is 0.615. The number of benzene rings is 2. The molecule has 1 amide bonds. The number of esters is 1. The van der Waals surface area contributed by atoms with Crippen molar-refractivity contribution in [2.45, 2.75) is 16.0 Å². The Kier molecular flexibility index (Phi) is 8.02. The highest BCUT2D eigenvalue weighted by Crippen LogP contribution is 2.33. The highest BCUT2D eigenvalue weighted by Gasteiger charge is 2.25. The predicted octanol–water partition coefficient (Wildman–Crippen LogP) is 4.88. The first-order chi connectivity index (χ1) is 15.3. The summed E-state index contributed by atoms with van der Waals surface area (Å²) in [5, 5.41) is 21.7. The quantitative estimate of drug-likeness (QED) is 0.149. The second-order valence-electron chi connectivity index (χ2n) is 6.20. The minimum absolute atomic E-state index is 0.105. The third kappa shape index (κ3) is 6.16. The molecule has 0 bridgehead atoms. The first-order valence-corrected chi connectivity index (χ1v) is 11.3. The van der Waals surface area contributed by atoms with Crippen LogP contribution < -0.4 is 5.32 Å². The maximum atomic E-state index is 12.4. The van der Waals surface area contributed by atoms with Gasteiger partial charge >= 0.3 is 5.97 Å². The van der Waals surface area contributed by atoms with Crippen LogP contribution in [0.15, 0.2) is 46.8 Å². The molecule has 0 aliphatic heterocycles. The van der Waals surface area contributed by atoms with Crippen molar-refractivity contribution < 1.29 is 19.2 Å². The van der Waals surface area contributed by atoms with Crippen molar-refractivity contribution in [3.8, 4) is 0 Å². The van der Waals surface area contributed by atoms with Crippen LogP contribution in [0, 0.1) is 10.1 Å². The predicted molar refractivity (Wildman–Crippen MR) is 123 cm³/mol. The lowest BCUT2D eigenvalue weighted by Gasteiger charge is -2.13. The molecule has 0 unspecified atom stereocenters. The van der Waals surface area contributed by atoms with Gasteiger partial charge < -0.3 is 4.74 Å². The van der Waals surface area contributed by atoms with Gasteiger partial charge in [0.1, 0.15) is 5.25 Å². The number of thioether (sulfide) groups is 1. The van der Waals surface area contributed by atoms with Crippen LogP contribution in [0.2, 0.25) is 10.0 Å². The van der Waals surface area contributed by atoms with E-state index < -0.39 is 22.0 Å². The summed E-state index contributed by atoms with van der Waals surface area (Å²) >= 11 is 14.3. The summed E-state index contributed by atoms with van der Waals surface area (Å²) in [6.45, 7) is 0. The SMILES string of the molecule is COC(=O)[C@H](Cc1ccc(Cl)cc1Cl)Sc1nnc(NC(=O)c2cccc([N+](=O)[O-])c2)s1. The van der Waals surface area contributed by atoms with Crippen LogP contribution >= 0.6 is 46.3 Å². The molecule has 1 heterocycles. The Hall–Kier alpha value is -2.73. The third-order valence-electron chi connectivity index (χ3n) is 4.07. The number of hydrogen-bond acceptors (Lipinski definition) is 9. The Morgan fingerprint density at radius 2 is 2.03 bits per heavy atom. The Bertz CT molecular complexity index is 1170. The number of aromatic nitrogens is 2. The van der Waals surface area contributed by atoms with Gasteiger partial charge in [0.15, 0.2) is 4.34 Å². The molecular weight excluding hydrogens is 499 g/mol. The van der Waals surface area contributed by atoms with Crippen LogP contribution in [-0.4, -0.2) is 39.4 Å². The number of nitro groups is 1. The zero-order chi connectivity index (χ0) is 23.3. The minimum atomic E-state index is -0.660. The van der Waals surface area contributed by atoms with E-state index in [-0.39, 0.29) is 22.8 Å². The van der Waals surface area contributed by atoms with E-state index in [0.29, 0.717) is 19.9 Å². The Morgan fingerprint density at radius 1 is 1.25 bits per heavy atom. The van der Waals surface area contributed by atoms with Crippen molar-refractivity contribution >= 4 is 69.0 Å². The van der Waals surface area contributed by atoms with Gasteiger partial charge in [0.25, 0.3) is 11.6 Å². The fraction of sp³-hybridized carbons (Fsp3) is 0.158. The lowest BCUT2D eigenvalue weighted by atomic mass is 10.1. The number of halogens is 2. The van der Waals surface area contributed by atoms with Gasteiger partial charge in [-0.1, -0.05) is 58.4 Å². The van der Waals surface area contributed by atoms with Crippen molar-refractivity contribution in [3.05, 3.63) is 73.8 Å². The third-order valence-corrected chi connectivity index (χ3v) is 6.76. The van der Waals surface area contributed by atoms with Crippen LogP contribution in [0.3, 0.4) is 0 Å². The molecule has 32 heavy (non-hydrogen) atoms. The second kappa shape index (κ2) is 10.7. The van der Waals surface area contributed by atoms with E-state index in [4.69, 9.17) is 27.9 Å². The van der Waals surface area contributed by atoms with E-state index in [9.17, 15) is 19.7 Å². The Balaban J connectivity index is 1.71. The number of non-ortho nitro benzene ring substituents is 1. The lowest BCUT2D eigenvalue weighted by Crippen LogP contribution is -2.21. The maximum Gasteiger partial charge on any atom is 0.319 e. The molecule has 0 aliphatic rings. The summed E-state index contributed by atoms with van der Waals surface area (Å²) < 4.78 is 5.30. The number of ether oxygens (including phenoxy) is 1. The number of nitrogens with one attached hydrogen (secondary N) is 1. The molecule has 0 saturated heterocycles. The van der Waals surface area contributed by atoms with E-state index in [1.807, 2.05) is 0 Å². The van der Waals surface area contributed by atoms with E-state index in [1.54, 1.807) is 18.2 Å². The van der Waals surface area contributed by atoms with E-state index in [0.717, 1.165) is 29.2 Å². The molecule has 0 fully saturated rings. The fourth-order valence-corrected chi connectivity index (χ4v) is 5.07. The number of carbonyl (C=O) groups excluding carboxylic acids is 2. The number of anilines is 1. The van der Waals surface area contributed by atoms with E-state index in [2.05, 4.69) is 15.5 Å². The normalized spacial score (nSPS) is 11.6. The first-order valence-electron chi connectivity index (χ1n) is 8.84. The molecule has 3 aromatic rings. The summed E-state index contributed by atoms with van der Waals surface area (Å²) in [5.74, 6) is -1.04. The van der Waals surface area contributed by atoms with Crippen molar-refractivity contribution in [3.63, 3.8) is 0 Å². The number of rotatable bonds is 8. The van der Waals surface area contributed by atoms with Crippen molar-refractivity contribution in [1.82, 2.24) is 10.2 Å². The van der Waals surface area contributed by atoms with Gasteiger partial charge in [0.05, 0.1) is 12.0 Å². The molecule has 0 radical (unpaired) electrons. The average Bonchev–Trinajstić information content (AvgIpc) is 3.21. The number of nitro benzene ring substituents is 1. The van der Waals surface area contributed by atoms with E-state index in [1.165, 1.54) is 25.3 Å². The Labute approximate surface area is 200 Å². The summed E-state index contributed by atoms with van der Waals surface area (Å²) in [6.07, 6.45) is 0.266. The minimum Gasteiger partial charge on any atom is -0.468 e. The van der Waals surface area contributed by atoms with Gasteiger partial charge in [-0.2, -0.15) is 0 Å². The summed E-state index contributed by atoms with van der Waals surface area (Å²) in [7, 11) is 1.28. The number of hydrogen-bond donors (Lipinski definition) is 1. The monoisotopic (exact) mass is 512 g/mol. The molecule has 0 spiro atoms. The summed E-state index contributed by atoms with van der Waals surface area (Å²) in [4.78, 5) is 35.0. The van der Waals surface area contributed by atoms with Crippen LogP contribution in [0.25, 0.3) is 0 Å². The average molecular weight is 513 g/mol. The molecule has 3 rings (SSSR count). The van der Waals surface area contributed by atoms with E-state index >= 15 is 0 Å². The lowest BCUT2D eigenvalue weighted by molar-refractivity contribution is -0.384.